The second-order valence-corrected chi connectivity index (χ2v) is 5.23. The Morgan fingerprint density at radius 2 is 1.32 bits per heavy atom. The molecule has 10 heteroatoms. The molecule has 2 N–H and O–H groups in total. The van der Waals surface area contributed by atoms with Crippen LogP contribution >= 0.6 is 0 Å². The van der Waals surface area contributed by atoms with Crippen molar-refractivity contribution in [3.05, 3.63) is 89.5 Å². The van der Waals surface area contributed by atoms with Crippen LogP contribution in [0.5, 0.6) is 5.75 Å². The minimum Gasteiger partial charge on any atom is -0.509 e. The van der Waals surface area contributed by atoms with Crippen LogP contribution in [0.1, 0.15) is 0 Å². The Morgan fingerprint density at radius 1 is 0.679 bits per heavy atom. The topological polar surface area (TPSA) is 49.7 Å². The van der Waals surface area contributed by atoms with Crippen molar-refractivity contribution < 1.29 is 41.0 Å². The molecular weight excluding hydrogens is 389 g/mol. The molecule has 0 saturated heterocycles. The predicted molar refractivity (Wildman–Crippen MR) is 88.9 cm³/mol. The third-order valence-corrected chi connectivity index (χ3v) is 3.31. The van der Waals surface area contributed by atoms with E-state index >= 15 is 0 Å². The minimum absolute atomic E-state index is 0.0644. The van der Waals surface area contributed by atoms with Crippen molar-refractivity contribution in [2.45, 2.75) is 0 Å². The normalized spacial score (nSPS) is 10.1. The lowest BCUT2D eigenvalue weighted by molar-refractivity contribution is 0.278. The molecule has 28 heavy (non-hydrogen) atoms. The minimum atomic E-state index is -2.32. The quantitative estimate of drug-likeness (QED) is 0.300. The van der Waals surface area contributed by atoms with E-state index in [0.717, 1.165) is 6.07 Å². The maximum Gasteiger partial charge on any atom is 0.707 e. The van der Waals surface area contributed by atoms with Crippen LogP contribution in [-0.2, 0) is 0 Å². The molecule has 0 unspecified atom stereocenters. The highest BCUT2D eigenvalue weighted by Crippen LogP contribution is 2.25. The van der Waals surface area contributed by atoms with E-state index in [9.17, 15) is 26.3 Å². The first-order valence-electron chi connectivity index (χ1n) is 7.57. The van der Waals surface area contributed by atoms with Gasteiger partial charge in [-0.3, -0.25) is 0 Å². The van der Waals surface area contributed by atoms with Crippen molar-refractivity contribution >= 4 is 7.32 Å². The van der Waals surface area contributed by atoms with Crippen LogP contribution < -0.4 is 4.65 Å². The Morgan fingerprint density at radius 3 is 1.93 bits per heavy atom. The molecule has 146 valence electrons. The number of halogens is 6. The largest absolute Gasteiger partial charge is 0.707 e. The van der Waals surface area contributed by atoms with E-state index in [1.807, 2.05) is 0 Å². The lowest BCUT2D eigenvalue weighted by Crippen LogP contribution is -2.21. The summed E-state index contributed by atoms with van der Waals surface area (Å²) in [7, 11) is -2.32. The van der Waals surface area contributed by atoms with Gasteiger partial charge in [-0.05, 0) is 17.7 Å². The smallest absolute Gasteiger partial charge is 0.509 e. The second-order valence-electron chi connectivity index (χ2n) is 5.23. The summed E-state index contributed by atoms with van der Waals surface area (Å²) in [4.78, 5) is 0. The van der Waals surface area contributed by atoms with Crippen LogP contribution in [0.25, 0.3) is 11.1 Å². The molecule has 0 saturated carbocycles. The van der Waals surface area contributed by atoms with Crippen molar-refractivity contribution in [3.8, 4) is 16.9 Å². The molecule has 0 bridgehead atoms. The van der Waals surface area contributed by atoms with E-state index in [0.29, 0.717) is 17.7 Å². The van der Waals surface area contributed by atoms with Gasteiger partial charge in [0.1, 0.15) is 11.6 Å². The van der Waals surface area contributed by atoms with E-state index in [4.69, 9.17) is 10.0 Å². The zero-order valence-corrected chi connectivity index (χ0v) is 13.8. The summed E-state index contributed by atoms with van der Waals surface area (Å²) in [6.45, 7) is 0. The molecule has 0 radical (unpaired) electrons. The SMILES string of the molecule is Fc1ccc(-c2ccccc2)c(F)c1F.OB(O)Oc1cc(F)cc(F)c1F. The van der Waals surface area contributed by atoms with Gasteiger partial charge < -0.3 is 14.7 Å². The number of benzene rings is 3. The molecule has 0 aliphatic heterocycles. The summed E-state index contributed by atoms with van der Waals surface area (Å²) in [6.07, 6.45) is 0. The van der Waals surface area contributed by atoms with Crippen molar-refractivity contribution in [2.24, 2.45) is 0 Å². The van der Waals surface area contributed by atoms with Crippen molar-refractivity contribution in [1.29, 1.82) is 0 Å². The van der Waals surface area contributed by atoms with Crippen molar-refractivity contribution in [1.82, 2.24) is 0 Å². The summed E-state index contributed by atoms with van der Waals surface area (Å²) >= 11 is 0. The zero-order chi connectivity index (χ0) is 20.8. The average molecular weight is 400 g/mol. The van der Waals surface area contributed by atoms with Crippen LogP contribution in [0.2, 0.25) is 0 Å². The van der Waals surface area contributed by atoms with Gasteiger partial charge in [0.2, 0.25) is 0 Å². The first-order chi connectivity index (χ1) is 13.2. The van der Waals surface area contributed by atoms with Crippen LogP contribution in [-0.4, -0.2) is 17.4 Å². The van der Waals surface area contributed by atoms with E-state index < -0.39 is 48.0 Å². The number of hydrogen-bond acceptors (Lipinski definition) is 3. The Labute approximate surface area is 155 Å². The van der Waals surface area contributed by atoms with Gasteiger partial charge in [-0.25, -0.2) is 22.0 Å². The Hall–Kier alpha value is -2.98. The maximum atomic E-state index is 13.3. The third-order valence-electron chi connectivity index (χ3n) is 3.31. The van der Waals surface area contributed by atoms with Gasteiger partial charge in [-0.15, -0.1) is 0 Å². The lowest BCUT2D eigenvalue weighted by atomic mass is 10.1. The molecule has 3 rings (SSSR count). The highest BCUT2D eigenvalue weighted by Gasteiger charge is 2.18. The number of rotatable bonds is 3. The first kappa shape index (κ1) is 21.3. The van der Waals surface area contributed by atoms with E-state index in [-0.39, 0.29) is 5.56 Å². The molecular formula is C18H11BF6O3. The zero-order valence-electron chi connectivity index (χ0n) is 13.8. The summed E-state index contributed by atoms with van der Waals surface area (Å²) in [5.74, 6) is -8.67. The Kier molecular flexibility index (Phi) is 7.08. The molecule has 0 fully saturated rings. The van der Waals surface area contributed by atoms with Crippen molar-refractivity contribution in [3.63, 3.8) is 0 Å². The fourth-order valence-corrected chi connectivity index (χ4v) is 2.10. The molecule has 0 aromatic heterocycles. The Balaban J connectivity index is 0.000000203. The van der Waals surface area contributed by atoms with E-state index in [2.05, 4.69) is 4.65 Å². The van der Waals surface area contributed by atoms with Gasteiger partial charge >= 0.3 is 7.32 Å². The van der Waals surface area contributed by atoms with Gasteiger partial charge in [0, 0.05) is 17.7 Å². The standard InChI is InChI=1S/C12H7F3.C6H4BF3O3/c13-10-7-6-9(11(14)12(10)15)8-4-2-1-3-5-8;8-3-1-4(9)6(10)5(2-3)13-7(11)12/h1-7H;1-2,11-12H. The molecule has 0 aliphatic rings. The second kappa shape index (κ2) is 9.29. The van der Waals surface area contributed by atoms with E-state index in [1.54, 1.807) is 30.3 Å². The highest BCUT2D eigenvalue weighted by molar-refractivity contribution is 6.33. The molecule has 0 amide bonds. The summed E-state index contributed by atoms with van der Waals surface area (Å²) < 4.78 is 80.4. The Bertz CT molecular complexity index is 954. The molecule has 0 aliphatic carbocycles. The summed E-state index contributed by atoms with van der Waals surface area (Å²) in [6, 6.07) is 11.4. The van der Waals surface area contributed by atoms with Gasteiger partial charge in [-0.1, -0.05) is 30.3 Å². The predicted octanol–water partition coefficient (Wildman–Crippen LogP) is 4.22. The third kappa shape index (κ3) is 5.27. The van der Waals surface area contributed by atoms with Crippen molar-refractivity contribution in [2.75, 3.05) is 0 Å². The number of hydrogen-bond donors (Lipinski definition) is 2. The molecule has 3 aromatic rings. The van der Waals surface area contributed by atoms with Gasteiger partial charge in [-0.2, -0.15) is 4.39 Å². The molecule has 0 heterocycles. The van der Waals surface area contributed by atoms with Gasteiger partial charge in [0.15, 0.2) is 29.1 Å². The lowest BCUT2D eigenvalue weighted by Gasteiger charge is -2.05. The van der Waals surface area contributed by atoms with Crippen LogP contribution in [0.4, 0.5) is 26.3 Å². The summed E-state index contributed by atoms with van der Waals surface area (Å²) in [5, 5.41) is 16.5. The molecule has 3 aromatic carbocycles. The van der Waals surface area contributed by atoms with Crippen LogP contribution in [0.3, 0.4) is 0 Å². The van der Waals surface area contributed by atoms with Crippen LogP contribution in [0, 0.1) is 34.9 Å². The fourth-order valence-electron chi connectivity index (χ4n) is 2.10. The molecule has 0 atom stereocenters. The highest BCUT2D eigenvalue weighted by atomic mass is 19.2. The average Bonchev–Trinajstić information content (AvgIpc) is 2.65. The van der Waals surface area contributed by atoms with E-state index in [1.165, 1.54) is 6.07 Å². The molecule has 3 nitrogen and oxygen atoms in total. The first-order valence-corrected chi connectivity index (χ1v) is 7.57. The maximum absolute atomic E-state index is 13.3. The van der Waals surface area contributed by atoms with Gasteiger partial charge in [0.25, 0.3) is 0 Å². The monoisotopic (exact) mass is 400 g/mol. The fraction of sp³-hybridized carbons (Fsp3) is 0. The van der Waals surface area contributed by atoms with Gasteiger partial charge in [0.05, 0.1) is 0 Å². The van der Waals surface area contributed by atoms with Crippen LogP contribution in [0.15, 0.2) is 54.6 Å². The molecule has 0 spiro atoms. The summed E-state index contributed by atoms with van der Waals surface area (Å²) in [5.41, 5.74) is 0.586.